The summed E-state index contributed by atoms with van der Waals surface area (Å²) in [4.78, 5) is 27.5. The molecule has 1 aliphatic rings. The van der Waals surface area contributed by atoms with Crippen molar-refractivity contribution in [2.24, 2.45) is 0 Å². The van der Waals surface area contributed by atoms with E-state index in [-0.39, 0.29) is 11.3 Å². The van der Waals surface area contributed by atoms with Crippen molar-refractivity contribution in [2.75, 3.05) is 26.2 Å². The van der Waals surface area contributed by atoms with E-state index < -0.39 is 5.97 Å². The summed E-state index contributed by atoms with van der Waals surface area (Å²) in [5.41, 5.74) is 1.66. The fourth-order valence-electron chi connectivity index (χ4n) is 4.55. The van der Waals surface area contributed by atoms with Crippen molar-refractivity contribution >= 4 is 22.7 Å². The average molecular weight is 464 g/mol. The second-order valence-corrected chi connectivity index (χ2v) is 8.98. The molecule has 6 heteroatoms. The van der Waals surface area contributed by atoms with Crippen LogP contribution >= 0.6 is 0 Å². The van der Waals surface area contributed by atoms with Crippen molar-refractivity contribution in [3.8, 4) is 5.75 Å². The number of unbranched alkanes of at least 4 members (excludes halogenated alkanes) is 1. The number of piperidine rings is 1. The summed E-state index contributed by atoms with van der Waals surface area (Å²) in [6.07, 6.45) is 7.39. The van der Waals surface area contributed by atoms with Crippen LogP contribution in [0.1, 0.15) is 77.5 Å². The first-order valence-electron chi connectivity index (χ1n) is 12.4. The van der Waals surface area contributed by atoms with Crippen LogP contribution in [0.3, 0.4) is 0 Å². The van der Waals surface area contributed by atoms with Crippen LogP contribution in [0.5, 0.6) is 5.75 Å². The first-order valence-corrected chi connectivity index (χ1v) is 12.4. The number of carbonyl (C=O) groups excluding carboxylic acids is 1. The number of carbonyl (C=O) groups is 2. The normalized spacial score (nSPS) is 14.4. The maximum atomic E-state index is 13.5. The predicted molar refractivity (Wildman–Crippen MR) is 132 cm³/mol. The largest absolute Gasteiger partial charge is 0.494 e. The molecule has 0 spiro atoms. The summed E-state index contributed by atoms with van der Waals surface area (Å²) in [5, 5.41) is 9.95. The topological polar surface area (TPSA) is 80.0 Å². The Balaban J connectivity index is 1.47. The first-order chi connectivity index (χ1) is 16.6. The molecular formula is C28H33NO5. The van der Waals surface area contributed by atoms with E-state index in [0.29, 0.717) is 40.9 Å². The number of aryl methyl sites for hydroxylation is 1. The second-order valence-electron chi connectivity index (χ2n) is 8.98. The number of ketones is 1. The standard InChI is InChI=1S/C28H33NO5/c1-2-3-8-25-26(23-19-21(28(31)32)11-14-24(23)34-25)27(30)20-9-12-22(13-10-20)33-18-7-17-29-15-5-4-6-16-29/h9-14,19H,2-8,15-18H2,1H3,(H,31,32). The third-order valence-corrected chi connectivity index (χ3v) is 6.44. The van der Waals surface area contributed by atoms with Crippen LogP contribution in [0.2, 0.25) is 0 Å². The highest BCUT2D eigenvalue weighted by Crippen LogP contribution is 2.31. The molecule has 0 atom stereocenters. The van der Waals surface area contributed by atoms with Gasteiger partial charge in [0.05, 0.1) is 17.7 Å². The fraction of sp³-hybridized carbons (Fsp3) is 0.429. The maximum absolute atomic E-state index is 13.5. The molecule has 0 radical (unpaired) electrons. The number of hydrogen-bond donors (Lipinski definition) is 1. The summed E-state index contributed by atoms with van der Waals surface area (Å²) in [7, 11) is 0. The summed E-state index contributed by atoms with van der Waals surface area (Å²) >= 11 is 0. The lowest BCUT2D eigenvalue weighted by Crippen LogP contribution is -2.31. The molecule has 4 rings (SSSR count). The van der Waals surface area contributed by atoms with E-state index in [1.54, 1.807) is 18.2 Å². The monoisotopic (exact) mass is 463 g/mol. The molecule has 3 aromatic rings. The highest BCUT2D eigenvalue weighted by molar-refractivity contribution is 6.17. The van der Waals surface area contributed by atoms with Gasteiger partial charge in [-0.3, -0.25) is 4.79 Å². The molecule has 180 valence electrons. The van der Waals surface area contributed by atoms with E-state index in [1.807, 2.05) is 12.1 Å². The Kier molecular flexibility index (Phi) is 8.01. The van der Waals surface area contributed by atoms with E-state index in [1.165, 1.54) is 44.5 Å². The van der Waals surface area contributed by atoms with Gasteiger partial charge >= 0.3 is 5.97 Å². The summed E-state index contributed by atoms with van der Waals surface area (Å²) < 4.78 is 11.9. The smallest absolute Gasteiger partial charge is 0.335 e. The SMILES string of the molecule is CCCCc1oc2ccc(C(=O)O)cc2c1C(=O)c1ccc(OCCCN2CCCCC2)cc1. The molecule has 1 aromatic heterocycles. The zero-order valence-corrected chi connectivity index (χ0v) is 19.8. The van der Waals surface area contributed by atoms with Gasteiger partial charge in [0.1, 0.15) is 17.1 Å². The van der Waals surface area contributed by atoms with Crippen molar-refractivity contribution in [3.05, 3.63) is 64.9 Å². The molecule has 0 saturated carbocycles. The molecule has 1 saturated heterocycles. The van der Waals surface area contributed by atoms with Crippen molar-refractivity contribution in [3.63, 3.8) is 0 Å². The van der Waals surface area contributed by atoms with Crippen molar-refractivity contribution < 1.29 is 23.8 Å². The minimum Gasteiger partial charge on any atom is -0.494 e. The van der Waals surface area contributed by atoms with E-state index in [4.69, 9.17) is 9.15 Å². The molecule has 1 aliphatic heterocycles. The second kappa shape index (κ2) is 11.3. The molecule has 0 unspecified atom stereocenters. The van der Waals surface area contributed by atoms with Crippen molar-refractivity contribution in [2.45, 2.75) is 51.9 Å². The third kappa shape index (κ3) is 5.68. The van der Waals surface area contributed by atoms with Crippen LogP contribution in [0, 0.1) is 0 Å². The lowest BCUT2D eigenvalue weighted by atomic mass is 9.97. The third-order valence-electron chi connectivity index (χ3n) is 6.44. The van der Waals surface area contributed by atoms with Crippen LogP contribution < -0.4 is 4.74 Å². The van der Waals surface area contributed by atoms with Crippen LogP contribution in [-0.4, -0.2) is 48.0 Å². The molecule has 6 nitrogen and oxygen atoms in total. The molecular weight excluding hydrogens is 430 g/mol. The highest BCUT2D eigenvalue weighted by Gasteiger charge is 2.23. The van der Waals surface area contributed by atoms with Gasteiger partial charge in [-0.1, -0.05) is 19.8 Å². The maximum Gasteiger partial charge on any atom is 0.335 e. The molecule has 0 bridgehead atoms. The van der Waals surface area contributed by atoms with Gasteiger partial charge in [-0.15, -0.1) is 0 Å². The van der Waals surface area contributed by atoms with Crippen molar-refractivity contribution in [1.29, 1.82) is 0 Å². The zero-order valence-electron chi connectivity index (χ0n) is 19.8. The first kappa shape index (κ1) is 24.0. The number of hydrogen-bond acceptors (Lipinski definition) is 5. The Labute approximate surface area is 200 Å². The van der Waals surface area contributed by atoms with Gasteiger partial charge in [0.15, 0.2) is 5.78 Å². The summed E-state index contributed by atoms with van der Waals surface area (Å²) in [6.45, 7) is 6.16. The molecule has 2 heterocycles. The Hall–Kier alpha value is -3.12. The molecule has 34 heavy (non-hydrogen) atoms. The lowest BCUT2D eigenvalue weighted by molar-refractivity contribution is 0.0696. The molecule has 2 aromatic carbocycles. The number of carboxylic acid groups (broad SMARTS) is 1. The molecule has 1 fully saturated rings. The number of benzene rings is 2. The number of rotatable bonds is 11. The molecule has 1 N–H and O–H groups in total. The zero-order chi connectivity index (χ0) is 23.9. The number of ether oxygens (including phenoxy) is 1. The van der Waals surface area contributed by atoms with Crippen LogP contribution in [0.25, 0.3) is 11.0 Å². The van der Waals surface area contributed by atoms with E-state index >= 15 is 0 Å². The number of likely N-dealkylation sites (tertiary alicyclic amines) is 1. The minimum absolute atomic E-state index is 0.137. The molecule has 0 amide bonds. The van der Waals surface area contributed by atoms with Crippen LogP contribution in [0.15, 0.2) is 46.9 Å². The van der Waals surface area contributed by atoms with Gasteiger partial charge in [-0.2, -0.15) is 0 Å². The summed E-state index contributed by atoms with van der Waals surface area (Å²) in [5.74, 6) is 0.163. The predicted octanol–water partition coefficient (Wildman–Crippen LogP) is 5.96. The van der Waals surface area contributed by atoms with Gasteiger partial charge in [-0.25, -0.2) is 4.79 Å². The number of furan rings is 1. The van der Waals surface area contributed by atoms with Gasteiger partial charge in [0, 0.05) is 23.9 Å². The van der Waals surface area contributed by atoms with E-state index in [2.05, 4.69) is 11.8 Å². The van der Waals surface area contributed by atoms with Crippen LogP contribution in [0.4, 0.5) is 0 Å². The van der Waals surface area contributed by atoms with E-state index in [9.17, 15) is 14.7 Å². The Morgan fingerprint density at radius 1 is 1.00 bits per heavy atom. The quantitative estimate of drug-likeness (QED) is 0.279. The van der Waals surface area contributed by atoms with Gasteiger partial charge in [0.2, 0.25) is 0 Å². The number of carboxylic acids is 1. The number of aromatic carboxylic acids is 1. The molecule has 0 aliphatic carbocycles. The Morgan fingerprint density at radius 3 is 2.44 bits per heavy atom. The lowest BCUT2D eigenvalue weighted by Gasteiger charge is -2.26. The number of nitrogens with zero attached hydrogens (tertiary/aromatic N) is 1. The van der Waals surface area contributed by atoms with Crippen LogP contribution in [-0.2, 0) is 6.42 Å². The Morgan fingerprint density at radius 2 is 1.74 bits per heavy atom. The van der Waals surface area contributed by atoms with Gasteiger partial charge in [0.25, 0.3) is 0 Å². The average Bonchev–Trinajstić information content (AvgIpc) is 3.23. The van der Waals surface area contributed by atoms with E-state index in [0.717, 1.165) is 31.6 Å². The number of fused-ring (bicyclic) bond motifs is 1. The minimum atomic E-state index is -1.03. The Bertz CT molecular complexity index is 1130. The van der Waals surface area contributed by atoms with Gasteiger partial charge < -0.3 is 19.2 Å². The fourth-order valence-corrected chi connectivity index (χ4v) is 4.55. The highest BCUT2D eigenvalue weighted by atomic mass is 16.5. The van der Waals surface area contributed by atoms with Crippen molar-refractivity contribution in [1.82, 2.24) is 4.90 Å². The summed E-state index contributed by atoms with van der Waals surface area (Å²) in [6, 6.07) is 11.9. The van der Waals surface area contributed by atoms with Gasteiger partial charge in [-0.05, 0) is 81.2 Å².